The van der Waals surface area contributed by atoms with Gasteiger partial charge in [-0.1, -0.05) is 46.1 Å². The van der Waals surface area contributed by atoms with Gasteiger partial charge in [-0.3, -0.25) is 0 Å². The van der Waals surface area contributed by atoms with Crippen molar-refractivity contribution >= 4 is 11.9 Å². The van der Waals surface area contributed by atoms with Gasteiger partial charge in [0.25, 0.3) is 0 Å². The minimum Gasteiger partial charge on any atom is -0.457 e. The molecular weight excluding hydrogens is 408 g/mol. The van der Waals surface area contributed by atoms with Gasteiger partial charge in [0.1, 0.15) is 30.0 Å². The predicted molar refractivity (Wildman–Crippen MR) is 120 cm³/mol. The van der Waals surface area contributed by atoms with Crippen LogP contribution in [0.15, 0.2) is 12.2 Å². The first kappa shape index (κ1) is 23.7. The largest absolute Gasteiger partial charge is 0.457 e. The molecule has 7 atom stereocenters. The van der Waals surface area contributed by atoms with E-state index >= 15 is 0 Å². The van der Waals surface area contributed by atoms with Gasteiger partial charge in [0.2, 0.25) is 0 Å². The number of aliphatic hydroxyl groups is 1. The molecule has 6 heteroatoms. The summed E-state index contributed by atoms with van der Waals surface area (Å²) in [5.74, 6) is 0.333. The molecule has 2 heterocycles. The minimum atomic E-state index is -0.705. The summed E-state index contributed by atoms with van der Waals surface area (Å²) in [5.41, 5.74) is -1.34. The van der Waals surface area contributed by atoms with Crippen LogP contribution in [-0.2, 0) is 23.8 Å². The average molecular weight is 449 g/mol. The Morgan fingerprint density at radius 2 is 1.84 bits per heavy atom. The number of allylic oxidation sites excluding steroid dienone is 1. The van der Waals surface area contributed by atoms with Gasteiger partial charge in [-0.05, 0) is 56.3 Å². The lowest BCUT2D eigenvalue weighted by molar-refractivity contribution is -0.264. The smallest absolute Gasteiger partial charge is 0.332 e. The van der Waals surface area contributed by atoms with Gasteiger partial charge in [-0.25, -0.2) is 9.59 Å². The Morgan fingerprint density at radius 3 is 2.50 bits per heavy atom. The Morgan fingerprint density at radius 1 is 1.12 bits per heavy atom. The Bertz CT molecular complexity index is 741. The van der Waals surface area contributed by atoms with Gasteiger partial charge >= 0.3 is 11.9 Å². The molecule has 4 rings (SSSR count). The number of aliphatic hydroxyl groups excluding tert-OH is 1. The van der Waals surface area contributed by atoms with Gasteiger partial charge < -0.3 is 19.3 Å². The summed E-state index contributed by atoms with van der Waals surface area (Å²) in [6, 6.07) is 0. The summed E-state index contributed by atoms with van der Waals surface area (Å²) >= 11 is 0. The van der Waals surface area contributed by atoms with E-state index in [4.69, 9.17) is 14.2 Å². The van der Waals surface area contributed by atoms with Gasteiger partial charge in [-0.2, -0.15) is 0 Å². The second kappa shape index (κ2) is 9.09. The van der Waals surface area contributed by atoms with Crippen molar-refractivity contribution in [1.82, 2.24) is 0 Å². The van der Waals surface area contributed by atoms with Gasteiger partial charge in [0.05, 0.1) is 0 Å². The van der Waals surface area contributed by atoms with Crippen LogP contribution in [0.2, 0.25) is 0 Å². The summed E-state index contributed by atoms with van der Waals surface area (Å²) in [7, 11) is 0. The van der Waals surface area contributed by atoms with E-state index in [-0.39, 0.29) is 29.8 Å². The van der Waals surface area contributed by atoms with Crippen LogP contribution in [0, 0.1) is 29.6 Å². The number of fused-ring (bicyclic) bond motifs is 4. The topological polar surface area (TPSA) is 82.1 Å². The summed E-state index contributed by atoms with van der Waals surface area (Å²) in [6.07, 6.45) is 11.3. The van der Waals surface area contributed by atoms with Crippen molar-refractivity contribution in [1.29, 1.82) is 0 Å². The number of esters is 2. The van der Waals surface area contributed by atoms with Crippen LogP contribution >= 0.6 is 0 Å². The minimum absolute atomic E-state index is 0.0773. The van der Waals surface area contributed by atoms with Crippen LogP contribution < -0.4 is 0 Å². The van der Waals surface area contributed by atoms with Crippen molar-refractivity contribution in [3.8, 4) is 0 Å². The van der Waals surface area contributed by atoms with Crippen LogP contribution in [0.1, 0.15) is 79.1 Å². The zero-order valence-corrected chi connectivity index (χ0v) is 20.0. The zero-order chi connectivity index (χ0) is 23.1. The number of ether oxygens (including phenoxy) is 3. The molecule has 0 amide bonds. The van der Waals surface area contributed by atoms with E-state index in [0.717, 1.165) is 25.7 Å². The van der Waals surface area contributed by atoms with Crippen LogP contribution in [0.25, 0.3) is 0 Å². The number of carbonyl (C=O) groups excluding carboxylic acids is 2. The predicted octanol–water partition coefficient (Wildman–Crippen LogP) is 4.19. The molecule has 2 aliphatic heterocycles. The molecule has 4 fully saturated rings. The van der Waals surface area contributed by atoms with E-state index in [9.17, 15) is 14.7 Å². The molecule has 2 aliphatic carbocycles. The molecule has 0 aromatic heterocycles. The molecule has 0 radical (unpaired) electrons. The second-order valence-corrected chi connectivity index (χ2v) is 11.1. The maximum atomic E-state index is 13.0. The van der Waals surface area contributed by atoms with E-state index in [0.29, 0.717) is 18.3 Å². The summed E-state index contributed by atoms with van der Waals surface area (Å²) < 4.78 is 18.8. The molecule has 0 aromatic carbocycles. The standard InChI is InChI=1S/C26H40O6/c1-16(2)26-14-20(30-22(29)15-27)25(4,32-26)19-12-10-17(3)23(19)24(26)31-21(28)13-11-18-8-6-5-7-9-18/h11,13,16-20,23-24,27H,5-10,12,14-15H2,1-4H3/t17-,19-,20-,23-,24+,25+,26?/m1/s1. The van der Waals surface area contributed by atoms with Crippen LogP contribution in [0.4, 0.5) is 0 Å². The Labute approximate surface area is 192 Å². The number of rotatable bonds is 6. The molecule has 0 spiro atoms. The maximum absolute atomic E-state index is 13.0. The van der Waals surface area contributed by atoms with E-state index in [1.54, 1.807) is 6.08 Å². The van der Waals surface area contributed by atoms with Gasteiger partial charge in [0, 0.05) is 18.4 Å². The Hall–Kier alpha value is -1.40. The molecule has 1 N–H and O–H groups in total. The molecule has 2 saturated carbocycles. The quantitative estimate of drug-likeness (QED) is 0.485. The molecule has 6 nitrogen and oxygen atoms in total. The van der Waals surface area contributed by atoms with Crippen LogP contribution in [0.3, 0.4) is 0 Å². The fourth-order valence-corrected chi connectivity index (χ4v) is 7.15. The highest BCUT2D eigenvalue weighted by atomic mass is 16.6. The highest BCUT2D eigenvalue weighted by Crippen LogP contribution is 2.63. The SMILES string of the molecule is CC(C)C12C[C@@H](OC(=O)CO)[C@@](C)(O1)[C@@H]1CC[C@@H](C)[C@H]1[C@@H]2OC(=O)C=CC1CCCCC1. The van der Waals surface area contributed by atoms with Crippen molar-refractivity contribution in [2.75, 3.05) is 6.61 Å². The molecule has 0 aromatic rings. The summed E-state index contributed by atoms with van der Waals surface area (Å²) in [6.45, 7) is 7.82. The van der Waals surface area contributed by atoms with E-state index in [1.165, 1.54) is 19.3 Å². The molecule has 4 aliphatic rings. The van der Waals surface area contributed by atoms with Crippen LogP contribution in [0.5, 0.6) is 0 Å². The molecule has 180 valence electrons. The van der Waals surface area contributed by atoms with Crippen molar-refractivity contribution in [2.45, 2.75) is 102 Å². The number of carbonyl (C=O) groups is 2. The first-order chi connectivity index (χ1) is 15.2. The first-order valence-corrected chi connectivity index (χ1v) is 12.6. The molecule has 32 heavy (non-hydrogen) atoms. The lowest BCUT2D eigenvalue weighted by atomic mass is 9.69. The van der Waals surface area contributed by atoms with E-state index in [2.05, 4.69) is 20.8 Å². The summed E-state index contributed by atoms with van der Waals surface area (Å²) in [4.78, 5) is 25.0. The van der Waals surface area contributed by atoms with Crippen LogP contribution in [-0.4, -0.2) is 47.1 Å². The molecule has 2 saturated heterocycles. The van der Waals surface area contributed by atoms with Gasteiger partial charge in [0.15, 0.2) is 0 Å². The fourth-order valence-electron chi connectivity index (χ4n) is 7.15. The molecule has 1 unspecified atom stereocenters. The lowest BCUT2D eigenvalue weighted by Gasteiger charge is -2.52. The van der Waals surface area contributed by atoms with E-state index < -0.39 is 29.9 Å². The van der Waals surface area contributed by atoms with Crippen molar-refractivity contribution in [3.63, 3.8) is 0 Å². The average Bonchev–Trinajstić information content (AvgIpc) is 3.28. The number of hydrogen-bond donors (Lipinski definition) is 1. The van der Waals surface area contributed by atoms with Gasteiger partial charge in [-0.15, -0.1) is 0 Å². The molecule has 2 bridgehead atoms. The lowest BCUT2D eigenvalue weighted by Crippen LogP contribution is -2.62. The van der Waals surface area contributed by atoms with Crippen molar-refractivity contribution in [2.24, 2.45) is 29.6 Å². The summed E-state index contributed by atoms with van der Waals surface area (Å²) in [5, 5.41) is 9.27. The Kier molecular flexibility index (Phi) is 6.75. The Balaban J connectivity index is 1.61. The first-order valence-electron chi connectivity index (χ1n) is 12.6. The zero-order valence-electron chi connectivity index (χ0n) is 20.0. The third-order valence-electron chi connectivity index (χ3n) is 8.95. The van der Waals surface area contributed by atoms with E-state index in [1.807, 2.05) is 13.0 Å². The fraction of sp³-hybridized carbons (Fsp3) is 0.846. The second-order valence-electron chi connectivity index (χ2n) is 11.1. The molecular formula is C26H40O6. The third kappa shape index (κ3) is 4.02. The highest BCUT2D eigenvalue weighted by molar-refractivity contribution is 5.82. The number of hydrogen-bond acceptors (Lipinski definition) is 6. The maximum Gasteiger partial charge on any atom is 0.332 e. The van der Waals surface area contributed by atoms with Crippen molar-refractivity contribution in [3.05, 3.63) is 12.2 Å². The monoisotopic (exact) mass is 448 g/mol. The van der Waals surface area contributed by atoms with Crippen molar-refractivity contribution < 1.29 is 28.9 Å². The highest BCUT2D eigenvalue weighted by Gasteiger charge is 2.72. The normalized spacial score (nSPS) is 41.8. The third-order valence-corrected chi connectivity index (χ3v) is 8.95.